The van der Waals surface area contributed by atoms with Gasteiger partial charge in [0.25, 0.3) is 0 Å². The van der Waals surface area contributed by atoms with Crippen molar-refractivity contribution in [3.8, 4) is 22.9 Å². The fourth-order valence-electron chi connectivity index (χ4n) is 3.76. The quantitative estimate of drug-likeness (QED) is 0.594. The predicted octanol–water partition coefficient (Wildman–Crippen LogP) is 3.38. The van der Waals surface area contributed by atoms with Crippen LogP contribution in [0.3, 0.4) is 0 Å². The van der Waals surface area contributed by atoms with E-state index in [9.17, 15) is 0 Å². The summed E-state index contributed by atoms with van der Waals surface area (Å²) in [5.74, 6) is 2.89. The molecule has 2 heterocycles. The molecule has 0 saturated carbocycles. The zero-order valence-electron chi connectivity index (χ0n) is 17.8. The van der Waals surface area contributed by atoms with E-state index in [0.29, 0.717) is 11.7 Å². The molecule has 0 bridgehead atoms. The third-order valence-corrected chi connectivity index (χ3v) is 5.43. The van der Waals surface area contributed by atoms with Gasteiger partial charge in [-0.3, -0.25) is 9.80 Å². The minimum absolute atomic E-state index is 0.583. The average Bonchev–Trinajstić information content (AvgIpc) is 3.21. The molecule has 3 aromatic rings. The van der Waals surface area contributed by atoms with E-state index < -0.39 is 0 Å². The number of piperazine rings is 1. The van der Waals surface area contributed by atoms with Gasteiger partial charge < -0.3 is 14.0 Å². The van der Waals surface area contributed by atoms with E-state index in [0.717, 1.165) is 56.3 Å². The Morgan fingerprint density at radius 2 is 1.40 bits per heavy atom. The zero-order valence-corrected chi connectivity index (χ0v) is 17.8. The van der Waals surface area contributed by atoms with Gasteiger partial charge in [-0.1, -0.05) is 29.4 Å². The maximum Gasteiger partial charge on any atom is 0.223 e. The number of benzene rings is 2. The lowest BCUT2D eigenvalue weighted by Crippen LogP contribution is -2.45. The van der Waals surface area contributed by atoms with E-state index in [1.807, 2.05) is 6.07 Å². The molecule has 0 atom stereocenters. The van der Waals surface area contributed by atoms with Gasteiger partial charge in [-0.05, 0) is 23.3 Å². The summed E-state index contributed by atoms with van der Waals surface area (Å²) in [5, 5.41) is 3.98. The lowest BCUT2D eigenvalue weighted by Gasteiger charge is -2.34. The maximum atomic E-state index is 5.39. The van der Waals surface area contributed by atoms with Crippen LogP contribution in [0.15, 0.2) is 47.0 Å². The molecule has 158 valence electrons. The van der Waals surface area contributed by atoms with Crippen LogP contribution in [-0.2, 0) is 13.1 Å². The highest BCUT2D eigenvalue weighted by Crippen LogP contribution is 2.24. The highest BCUT2D eigenvalue weighted by atomic mass is 16.5. The third-order valence-electron chi connectivity index (χ3n) is 5.43. The van der Waals surface area contributed by atoms with Gasteiger partial charge in [0.1, 0.15) is 11.5 Å². The topological polar surface area (TPSA) is 63.9 Å². The predicted molar refractivity (Wildman–Crippen MR) is 115 cm³/mol. The van der Waals surface area contributed by atoms with Crippen LogP contribution in [0.2, 0.25) is 0 Å². The molecule has 0 N–H and O–H groups in total. The summed E-state index contributed by atoms with van der Waals surface area (Å²) in [6, 6.07) is 14.5. The third kappa shape index (κ3) is 4.98. The smallest absolute Gasteiger partial charge is 0.223 e. The van der Waals surface area contributed by atoms with Crippen LogP contribution in [0, 0.1) is 6.92 Å². The highest BCUT2D eigenvalue weighted by molar-refractivity contribution is 5.54. The first-order valence-corrected chi connectivity index (χ1v) is 10.2. The average molecular weight is 409 g/mol. The molecule has 1 aliphatic heterocycles. The lowest BCUT2D eigenvalue weighted by atomic mass is 10.1. The summed E-state index contributed by atoms with van der Waals surface area (Å²) in [7, 11) is 3.38. The minimum atomic E-state index is 0.583. The number of methoxy groups -OCH3 is 2. The van der Waals surface area contributed by atoms with Crippen molar-refractivity contribution >= 4 is 0 Å². The van der Waals surface area contributed by atoms with Gasteiger partial charge in [-0.2, -0.15) is 4.98 Å². The summed E-state index contributed by atoms with van der Waals surface area (Å²) in [6.45, 7) is 7.83. The van der Waals surface area contributed by atoms with Crippen LogP contribution in [0.1, 0.15) is 17.0 Å². The molecule has 0 radical (unpaired) electrons. The van der Waals surface area contributed by atoms with Crippen molar-refractivity contribution < 1.29 is 14.0 Å². The molecule has 0 spiro atoms. The SMILES string of the molecule is COc1cc(CN2CCN(Cc3ccc(-c4noc(C)n4)cc3)CC2)cc(OC)c1. The van der Waals surface area contributed by atoms with E-state index in [4.69, 9.17) is 14.0 Å². The summed E-state index contributed by atoms with van der Waals surface area (Å²) < 4.78 is 15.8. The molecule has 7 heteroatoms. The monoisotopic (exact) mass is 408 g/mol. The maximum absolute atomic E-state index is 5.39. The molecule has 0 amide bonds. The Morgan fingerprint density at radius 3 is 1.90 bits per heavy atom. The van der Waals surface area contributed by atoms with E-state index in [2.05, 4.69) is 56.3 Å². The second kappa shape index (κ2) is 9.28. The Morgan fingerprint density at radius 1 is 0.833 bits per heavy atom. The Bertz CT molecular complexity index is 941. The Labute approximate surface area is 177 Å². The van der Waals surface area contributed by atoms with Crippen LogP contribution >= 0.6 is 0 Å². The van der Waals surface area contributed by atoms with Gasteiger partial charge in [0.05, 0.1) is 14.2 Å². The van der Waals surface area contributed by atoms with E-state index in [1.165, 1.54) is 11.1 Å². The Hall–Kier alpha value is -2.90. The molecule has 30 heavy (non-hydrogen) atoms. The van der Waals surface area contributed by atoms with Crippen LogP contribution in [0.4, 0.5) is 0 Å². The van der Waals surface area contributed by atoms with Crippen molar-refractivity contribution in [1.29, 1.82) is 0 Å². The van der Waals surface area contributed by atoms with Gasteiger partial charge in [0.2, 0.25) is 11.7 Å². The molecule has 1 aliphatic rings. The van der Waals surface area contributed by atoms with E-state index in [1.54, 1.807) is 21.1 Å². The largest absolute Gasteiger partial charge is 0.497 e. The Balaban J connectivity index is 1.29. The zero-order chi connectivity index (χ0) is 20.9. The molecule has 1 aromatic heterocycles. The standard InChI is InChI=1S/C23H28N4O3/c1-17-24-23(25-30-17)20-6-4-18(5-7-20)15-26-8-10-27(11-9-26)16-19-12-21(28-2)14-22(13-19)29-3/h4-7,12-14H,8-11,15-16H2,1-3H3. The number of hydrogen-bond donors (Lipinski definition) is 0. The second-order valence-electron chi connectivity index (χ2n) is 7.61. The number of aromatic nitrogens is 2. The van der Waals surface area contributed by atoms with Crippen molar-refractivity contribution in [3.05, 3.63) is 59.5 Å². The highest BCUT2D eigenvalue weighted by Gasteiger charge is 2.18. The number of ether oxygens (including phenoxy) is 2. The molecule has 1 saturated heterocycles. The van der Waals surface area contributed by atoms with Crippen molar-refractivity contribution in [3.63, 3.8) is 0 Å². The molecule has 7 nitrogen and oxygen atoms in total. The molecule has 0 aliphatic carbocycles. The van der Waals surface area contributed by atoms with Gasteiger partial charge >= 0.3 is 0 Å². The molecule has 1 fully saturated rings. The summed E-state index contributed by atoms with van der Waals surface area (Å²) in [4.78, 5) is 9.26. The van der Waals surface area contributed by atoms with Crippen LogP contribution in [0.25, 0.3) is 11.4 Å². The summed E-state index contributed by atoms with van der Waals surface area (Å²) in [6.07, 6.45) is 0. The van der Waals surface area contributed by atoms with Crippen molar-refractivity contribution in [2.75, 3.05) is 40.4 Å². The van der Waals surface area contributed by atoms with Crippen molar-refractivity contribution in [2.45, 2.75) is 20.0 Å². The van der Waals surface area contributed by atoms with Crippen LogP contribution < -0.4 is 9.47 Å². The first-order valence-electron chi connectivity index (χ1n) is 10.2. The van der Waals surface area contributed by atoms with Gasteiger partial charge in [-0.25, -0.2) is 0 Å². The molecule has 2 aromatic carbocycles. The van der Waals surface area contributed by atoms with Crippen LogP contribution in [0.5, 0.6) is 11.5 Å². The summed E-state index contributed by atoms with van der Waals surface area (Å²) in [5.41, 5.74) is 3.49. The van der Waals surface area contributed by atoms with Gasteiger partial charge in [-0.15, -0.1) is 0 Å². The lowest BCUT2D eigenvalue weighted by molar-refractivity contribution is 0.122. The van der Waals surface area contributed by atoms with Gasteiger partial charge in [0, 0.05) is 57.8 Å². The summed E-state index contributed by atoms with van der Waals surface area (Å²) >= 11 is 0. The first-order chi connectivity index (χ1) is 14.6. The molecule has 0 unspecified atom stereocenters. The van der Waals surface area contributed by atoms with Gasteiger partial charge in [0.15, 0.2) is 0 Å². The number of nitrogens with zero attached hydrogens (tertiary/aromatic N) is 4. The fraction of sp³-hybridized carbons (Fsp3) is 0.391. The van der Waals surface area contributed by atoms with Crippen molar-refractivity contribution in [2.24, 2.45) is 0 Å². The number of hydrogen-bond acceptors (Lipinski definition) is 7. The minimum Gasteiger partial charge on any atom is -0.497 e. The van der Waals surface area contributed by atoms with E-state index >= 15 is 0 Å². The van der Waals surface area contributed by atoms with E-state index in [-0.39, 0.29) is 0 Å². The number of rotatable bonds is 7. The first kappa shape index (κ1) is 20.4. The molecular formula is C23H28N4O3. The normalized spacial score (nSPS) is 15.3. The Kier molecular flexibility index (Phi) is 6.30. The second-order valence-corrected chi connectivity index (χ2v) is 7.61. The van der Waals surface area contributed by atoms with Crippen molar-refractivity contribution in [1.82, 2.24) is 19.9 Å². The fourth-order valence-corrected chi connectivity index (χ4v) is 3.76. The molecule has 4 rings (SSSR count). The van der Waals surface area contributed by atoms with Crippen LogP contribution in [-0.4, -0.2) is 60.3 Å². The molecular weight excluding hydrogens is 380 g/mol. The number of aryl methyl sites for hydroxylation is 1.